The summed E-state index contributed by atoms with van der Waals surface area (Å²) < 4.78 is 30.0. The summed E-state index contributed by atoms with van der Waals surface area (Å²) in [4.78, 5) is 178. The number of nitrogens with one attached hydrogen (secondary N) is 2. The zero-order chi connectivity index (χ0) is 73.0. The summed E-state index contributed by atoms with van der Waals surface area (Å²) in [5.74, 6) is -16.7. The second kappa shape index (κ2) is 40.4. The van der Waals surface area contributed by atoms with Gasteiger partial charge in [0.05, 0.1) is 23.8 Å². The van der Waals surface area contributed by atoms with E-state index < -0.39 is 193 Å². The molecule has 28 heteroatoms. The number of ether oxygens (including phenoxy) is 5. The molecule has 2 amide bonds. The van der Waals surface area contributed by atoms with E-state index in [1.807, 2.05) is 0 Å². The smallest absolute Gasteiger partial charge is 0.341 e. The van der Waals surface area contributed by atoms with E-state index in [4.69, 9.17) is 29.4 Å². The fourth-order valence-electron chi connectivity index (χ4n) is 12.8. The molecule has 0 unspecified atom stereocenters. The molecule has 1 saturated heterocycles. The van der Waals surface area contributed by atoms with Gasteiger partial charge in [-0.2, -0.15) is 0 Å². The van der Waals surface area contributed by atoms with Crippen molar-refractivity contribution in [3.05, 3.63) is 22.8 Å². The molecule has 1 aliphatic heterocycles. The minimum absolute atomic E-state index is 0.0140. The number of allylic oxidation sites excluding steroid dienone is 1. The lowest BCUT2D eigenvalue weighted by Gasteiger charge is -2.41. The average molecular weight is 1380 g/mol. The second-order valence-electron chi connectivity index (χ2n) is 26.5. The lowest BCUT2D eigenvalue weighted by atomic mass is 9.75. The Balaban J connectivity index is 1.45. The van der Waals surface area contributed by atoms with Crippen molar-refractivity contribution in [2.45, 2.75) is 307 Å². The normalized spacial score (nSPS) is 23.6. The van der Waals surface area contributed by atoms with E-state index in [-0.39, 0.29) is 73.9 Å². The van der Waals surface area contributed by atoms with Crippen LogP contribution < -0.4 is 16.4 Å². The van der Waals surface area contributed by atoms with E-state index in [0.29, 0.717) is 38.5 Å². The summed E-state index contributed by atoms with van der Waals surface area (Å²) in [6.07, 6.45) is 3.20. The third-order valence-corrected chi connectivity index (χ3v) is 18.6. The molecule has 0 spiro atoms. The molecule has 2 fully saturated rings. The van der Waals surface area contributed by atoms with E-state index in [9.17, 15) is 97.8 Å². The number of hydrogen-bond donors (Lipinski definition) is 9. The van der Waals surface area contributed by atoms with Gasteiger partial charge in [-0.3, -0.25) is 47.9 Å². The van der Waals surface area contributed by atoms with Gasteiger partial charge in [-0.1, -0.05) is 103 Å². The number of amides is 2. The zero-order valence-corrected chi connectivity index (χ0v) is 57.6. The Hall–Kier alpha value is -7.46. The first-order valence-electron chi connectivity index (χ1n) is 34.2. The standard InChI is InChI=1S/C69H105N3O25/c1-9-12-13-20-24-29-54(79)94-58-56-55(41(5)57(58)95-65(89)40(4)11-3)59-69(92,68(8,91)66(90)96-59)51(39-67(56,7)97-42(6)73)93-53(78)28-25-22-19-17-15-14-16-18-21-23-27-45(74)38-48(70)60(80)72-50(64(87)88)34-32-47(76)37-44(62(83)84)30-35-52(77)71-49(63(85)86)33-31-46(75)36-43(26-10-2)61(81)82/h11,43-44,48-51,56-59,91-92H,9-10,12-39,70H2,1-8H3,(H,71,77)(H,72,80)(H,81,82)(H,83,84)(H,85,86)(H,87,88)/b40-11-/t43-,44-,48+,49+,50+,51+,56-,57+,58+,59+,67+,68-,69-/m1/s1. The van der Waals surface area contributed by atoms with Gasteiger partial charge in [-0.25, -0.2) is 19.2 Å². The molecule has 10 N–H and O–H groups in total. The minimum atomic E-state index is -2.69. The Morgan fingerprint density at radius 2 is 1.07 bits per heavy atom. The van der Waals surface area contributed by atoms with Crippen molar-refractivity contribution in [1.82, 2.24) is 10.6 Å². The summed E-state index contributed by atoms with van der Waals surface area (Å²) >= 11 is 0. The Labute approximate surface area is 566 Å². The Kier molecular flexibility index (Phi) is 34.9. The van der Waals surface area contributed by atoms with Gasteiger partial charge in [0, 0.05) is 76.7 Å². The number of carboxylic acid groups (broad SMARTS) is 4. The summed E-state index contributed by atoms with van der Waals surface area (Å²) in [5, 5.41) is 67.5. The van der Waals surface area contributed by atoms with E-state index in [2.05, 4.69) is 17.6 Å². The number of nitrogens with two attached hydrogens (primary N) is 1. The summed E-state index contributed by atoms with van der Waals surface area (Å²) in [6, 6.07) is -4.55. The van der Waals surface area contributed by atoms with Crippen LogP contribution >= 0.6 is 0 Å². The molecule has 2 aliphatic carbocycles. The number of aliphatic carboxylic acids is 4. The highest BCUT2D eigenvalue weighted by atomic mass is 16.6. The third-order valence-electron chi connectivity index (χ3n) is 18.6. The molecule has 0 aromatic carbocycles. The topological polar surface area (TPSA) is 457 Å². The SMILES string of the molecule is C/C=C(/C)C(=O)O[C@H]1C(C)=C2[C@H]([C@@H]1OC(=O)CCCCCCC)[C@@](C)(OC(C)=O)C[C@H](OC(=O)CCCCCCCCCCCCC(=O)C[C@H](N)C(=O)N[C@@H](CCC(=O)C[C@@H](CCC(=O)N[C@@H](CCC(=O)C[C@@H](CCC)C(=O)O)C(=O)O)C(=O)O)C(=O)O)[C@@]1(O)[C@H]2OC(=O)[C@@]1(C)O. The van der Waals surface area contributed by atoms with Crippen molar-refractivity contribution in [3.8, 4) is 0 Å². The van der Waals surface area contributed by atoms with Gasteiger partial charge in [0.25, 0.3) is 0 Å². The number of carboxylic acids is 4. The van der Waals surface area contributed by atoms with Crippen molar-refractivity contribution in [2.24, 2.45) is 23.5 Å². The van der Waals surface area contributed by atoms with E-state index in [1.165, 1.54) is 19.9 Å². The predicted molar refractivity (Wildman–Crippen MR) is 345 cm³/mol. The molecular weight excluding hydrogens is 1270 g/mol. The van der Waals surface area contributed by atoms with Gasteiger partial charge in [-0.15, -0.1) is 0 Å². The molecule has 1 heterocycles. The van der Waals surface area contributed by atoms with Gasteiger partial charge in [0.15, 0.2) is 29.5 Å². The van der Waals surface area contributed by atoms with E-state index in [0.717, 1.165) is 78.1 Å². The van der Waals surface area contributed by atoms with Gasteiger partial charge in [-0.05, 0) is 90.7 Å². The third kappa shape index (κ3) is 25.4. The van der Waals surface area contributed by atoms with Crippen LogP contribution in [0.2, 0.25) is 0 Å². The van der Waals surface area contributed by atoms with Gasteiger partial charge >= 0.3 is 53.7 Å². The first kappa shape index (κ1) is 83.8. The highest BCUT2D eigenvalue weighted by molar-refractivity contribution is 5.92. The molecule has 97 heavy (non-hydrogen) atoms. The van der Waals surface area contributed by atoms with E-state index >= 15 is 0 Å². The Bertz CT molecular complexity index is 2860. The summed E-state index contributed by atoms with van der Waals surface area (Å²) in [6.45, 7) is 12.2. The lowest BCUT2D eigenvalue weighted by molar-refractivity contribution is -0.212. The minimum Gasteiger partial charge on any atom is -0.481 e. The first-order valence-corrected chi connectivity index (χ1v) is 34.2. The van der Waals surface area contributed by atoms with Gasteiger partial charge < -0.3 is 70.7 Å². The van der Waals surface area contributed by atoms with Crippen LogP contribution in [0.4, 0.5) is 0 Å². The number of carbonyl (C=O) groups excluding carboxylic acids is 10. The van der Waals surface area contributed by atoms with Crippen LogP contribution in [0.1, 0.15) is 248 Å². The number of fused-ring (bicyclic) bond motifs is 3. The van der Waals surface area contributed by atoms with Crippen LogP contribution in [0.15, 0.2) is 22.8 Å². The van der Waals surface area contributed by atoms with Crippen LogP contribution in [0.5, 0.6) is 0 Å². The maximum absolute atomic E-state index is 13.8. The molecule has 0 aromatic heterocycles. The van der Waals surface area contributed by atoms with Crippen LogP contribution in [0.3, 0.4) is 0 Å². The number of esters is 5. The number of aliphatic hydroxyl groups is 2. The van der Waals surface area contributed by atoms with Crippen molar-refractivity contribution < 1.29 is 121 Å². The molecule has 0 aromatic rings. The Morgan fingerprint density at radius 3 is 1.56 bits per heavy atom. The van der Waals surface area contributed by atoms with Crippen LogP contribution in [0.25, 0.3) is 0 Å². The fourth-order valence-corrected chi connectivity index (χ4v) is 12.8. The molecular formula is C69H105N3O25. The molecule has 28 nitrogen and oxygen atoms in total. The number of unbranched alkanes of at least 4 members (excludes halogenated alkanes) is 13. The van der Waals surface area contributed by atoms with Gasteiger partial charge in [0.1, 0.15) is 41.1 Å². The average Bonchev–Trinajstić information content (AvgIpc) is 1.53. The second-order valence-corrected chi connectivity index (χ2v) is 26.5. The molecule has 3 rings (SSSR count). The van der Waals surface area contributed by atoms with Crippen molar-refractivity contribution in [1.29, 1.82) is 0 Å². The molecule has 546 valence electrons. The number of ketones is 3. The van der Waals surface area contributed by atoms with Crippen LogP contribution in [0, 0.1) is 17.8 Å². The maximum atomic E-state index is 13.8. The number of rotatable bonds is 48. The number of Topliss-reactive ketones (excluding diaryl/α,β-unsaturated/α-hetero) is 3. The molecule has 13 atom stereocenters. The summed E-state index contributed by atoms with van der Waals surface area (Å²) in [5.41, 5.74) is -0.691. The number of carbonyl (C=O) groups is 14. The summed E-state index contributed by atoms with van der Waals surface area (Å²) in [7, 11) is 0. The quantitative estimate of drug-likeness (QED) is 0.0101. The number of hydrogen-bond acceptors (Lipinski definition) is 22. The van der Waals surface area contributed by atoms with Crippen LogP contribution in [-0.2, 0) is 90.8 Å². The molecule has 0 radical (unpaired) electrons. The van der Waals surface area contributed by atoms with Crippen LogP contribution in [-0.4, -0.2) is 173 Å². The highest BCUT2D eigenvalue weighted by Gasteiger charge is 2.76. The molecule has 1 saturated carbocycles. The lowest BCUT2D eigenvalue weighted by Crippen LogP contribution is -2.64. The fraction of sp³-hybridized carbons (Fsp3) is 0.739. The maximum Gasteiger partial charge on any atom is 0.341 e. The molecule has 3 aliphatic rings. The van der Waals surface area contributed by atoms with E-state index in [1.54, 1.807) is 20.8 Å². The van der Waals surface area contributed by atoms with Gasteiger partial charge in [0.2, 0.25) is 11.8 Å². The molecule has 0 bridgehead atoms. The van der Waals surface area contributed by atoms with Crippen molar-refractivity contribution >= 4 is 82.9 Å². The monoisotopic (exact) mass is 1380 g/mol. The first-order chi connectivity index (χ1) is 45.6. The Morgan fingerprint density at radius 1 is 0.598 bits per heavy atom. The zero-order valence-electron chi connectivity index (χ0n) is 57.6. The largest absolute Gasteiger partial charge is 0.481 e. The van der Waals surface area contributed by atoms with Crippen molar-refractivity contribution in [3.63, 3.8) is 0 Å². The highest BCUT2D eigenvalue weighted by Crippen LogP contribution is 2.57. The van der Waals surface area contributed by atoms with Crippen molar-refractivity contribution in [2.75, 3.05) is 0 Å². The predicted octanol–water partition coefficient (Wildman–Crippen LogP) is 6.70.